The summed E-state index contributed by atoms with van der Waals surface area (Å²) in [5, 5.41) is 17.4. The minimum absolute atomic E-state index is 0.0233. The van der Waals surface area contributed by atoms with Crippen LogP contribution in [0.25, 0.3) is 0 Å². The summed E-state index contributed by atoms with van der Waals surface area (Å²) in [6.07, 6.45) is 1.49. The number of hydrogen-bond donors (Lipinski definition) is 1. The van der Waals surface area contributed by atoms with Crippen LogP contribution in [0, 0.1) is 5.82 Å². The summed E-state index contributed by atoms with van der Waals surface area (Å²) >= 11 is 0. The Labute approximate surface area is 182 Å². The molecule has 1 N–H and O–H groups in total. The Hall–Kier alpha value is -3.12. The maximum atomic E-state index is 14.1. The molecule has 2 atom stereocenters. The van der Waals surface area contributed by atoms with Crippen molar-refractivity contribution in [2.45, 2.75) is 43.7 Å². The van der Waals surface area contributed by atoms with E-state index in [0.29, 0.717) is 11.3 Å². The lowest BCUT2D eigenvalue weighted by atomic mass is 9.98. The number of carbonyl (C=O) groups is 1. The first kappa shape index (κ1) is 22.1. The Kier molecular flexibility index (Phi) is 5.82. The Morgan fingerprint density at radius 1 is 1.22 bits per heavy atom. The van der Waals surface area contributed by atoms with Crippen molar-refractivity contribution in [3.8, 4) is 0 Å². The Bertz CT molecular complexity index is 1230. The van der Waals surface area contributed by atoms with E-state index in [9.17, 15) is 27.1 Å². The van der Waals surface area contributed by atoms with Crippen LogP contribution in [0.3, 0.4) is 0 Å². The van der Waals surface area contributed by atoms with Gasteiger partial charge in [-0.15, -0.1) is 0 Å². The number of nitrogens with zero attached hydrogens (tertiary/aromatic N) is 5. The van der Waals surface area contributed by atoms with E-state index in [1.54, 1.807) is 6.07 Å². The molecule has 1 aromatic carbocycles. The molecule has 0 spiro atoms. The van der Waals surface area contributed by atoms with E-state index in [1.807, 2.05) is 0 Å². The second-order valence-corrected chi connectivity index (χ2v) is 9.33. The lowest BCUT2D eigenvalue weighted by molar-refractivity contribution is -0.134. The average Bonchev–Trinajstić information content (AvgIpc) is 3.44. The lowest BCUT2D eigenvalue weighted by Crippen LogP contribution is -2.33. The molecule has 1 unspecified atom stereocenters. The highest BCUT2D eigenvalue weighted by molar-refractivity contribution is 7.89. The molecule has 0 fully saturated rings. The monoisotopic (exact) mass is 465 g/mol. The van der Waals surface area contributed by atoms with Crippen molar-refractivity contribution in [1.82, 2.24) is 23.9 Å². The van der Waals surface area contributed by atoms with Gasteiger partial charge in [0.1, 0.15) is 12.0 Å². The summed E-state index contributed by atoms with van der Waals surface area (Å²) in [6, 6.07) is 7.00. The van der Waals surface area contributed by atoms with Gasteiger partial charge in [0.15, 0.2) is 5.03 Å². The molecule has 3 aromatic rings. The van der Waals surface area contributed by atoms with Crippen LogP contribution in [0.15, 0.2) is 47.8 Å². The van der Waals surface area contributed by atoms with Crippen LogP contribution < -0.4 is 0 Å². The lowest BCUT2D eigenvalue weighted by Gasteiger charge is -2.22. The fraction of sp³-hybridized carbons (Fsp3) is 0.350. The van der Waals surface area contributed by atoms with Crippen LogP contribution in [0.2, 0.25) is 0 Å². The number of aromatic nitrogens is 4. The highest BCUT2D eigenvalue weighted by Gasteiger charge is 2.34. The molecule has 3 heterocycles. The predicted molar refractivity (Wildman–Crippen MR) is 108 cm³/mol. The van der Waals surface area contributed by atoms with Crippen molar-refractivity contribution in [2.24, 2.45) is 0 Å². The first-order valence-corrected chi connectivity index (χ1v) is 11.3. The second-order valence-electron chi connectivity index (χ2n) is 7.59. The molecule has 2 aromatic heterocycles. The zero-order valence-electron chi connectivity index (χ0n) is 17.1. The van der Waals surface area contributed by atoms with Crippen LogP contribution in [0.5, 0.6) is 0 Å². The molecule has 0 radical (unpaired) electrons. The molecule has 12 heteroatoms. The van der Waals surface area contributed by atoms with E-state index in [4.69, 9.17) is 0 Å². The molecule has 1 aliphatic rings. The second kappa shape index (κ2) is 8.43. The van der Waals surface area contributed by atoms with Gasteiger partial charge in [0.25, 0.3) is 0 Å². The number of benzene rings is 1. The molecule has 4 rings (SSSR count). The third-order valence-corrected chi connectivity index (χ3v) is 6.62. The molecule has 1 aliphatic heterocycles. The summed E-state index contributed by atoms with van der Waals surface area (Å²) in [5.41, 5.74) is 0.989. The van der Waals surface area contributed by atoms with Gasteiger partial charge in [-0.05, 0) is 19.1 Å². The fourth-order valence-corrected chi connectivity index (χ4v) is 4.73. The van der Waals surface area contributed by atoms with Crippen molar-refractivity contribution < 1.29 is 27.1 Å². The molecule has 0 bridgehead atoms. The van der Waals surface area contributed by atoms with Gasteiger partial charge in [-0.25, -0.2) is 8.78 Å². The van der Waals surface area contributed by atoms with Crippen molar-refractivity contribution in [1.29, 1.82) is 0 Å². The molecule has 170 valence electrons. The van der Waals surface area contributed by atoms with Gasteiger partial charge < -0.3 is 10.0 Å². The summed E-state index contributed by atoms with van der Waals surface area (Å²) < 4.78 is 54.8. The van der Waals surface area contributed by atoms with Gasteiger partial charge in [-0.2, -0.15) is 22.7 Å². The summed E-state index contributed by atoms with van der Waals surface area (Å²) in [7, 11) is -4.08. The van der Waals surface area contributed by atoms with Gasteiger partial charge in [0, 0.05) is 30.1 Å². The van der Waals surface area contributed by atoms with Gasteiger partial charge >= 0.3 is 10.0 Å². The number of carbonyl (C=O) groups excluding carboxylic acids is 1. The zero-order chi connectivity index (χ0) is 23.0. The van der Waals surface area contributed by atoms with E-state index >= 15 is 0 Å². The molecule has 0 saturated carbocycles. The minimum Gasteiger partial charge on any atom is -0.395 e. The normalized spacial score (nSPS) is 15.6. The van der Waals surface area contributed by atoms with Gasteiger partial charge in [-0.1, -0.05) is 18.2 Å². The third kappa shape index (κ3) is 4.02. The number of rotatable bonds is 7. The van der Waals surface area contributed by atoms with Crippen LogP contribution in [0.4, 0.5) is 8.78 Å². The molecular formula is C20H21F2N5O4S. The maximum absolute atomic E-state index is 14.1. The predicted octanol–water partition coefficient (Wildman–Crippen LogP) is 1.43. The number of aliphatic hydroxyl groups is 1. The summed E-state index contributed by atoms with van der Waals surface area (Å²) in [5.74, 6) is -2.14. The molecule has 1 amide bonds. The van der Waals surface area contributed by atoms with Crippen molar-refractivity contribution >= 4 is 15.9 Å². The number of hydrogen-bond acceptors (Lipinski definition) is 6. The highest BCUT2D eigenvalue weighted by atomic mass is 32.2. The molecule has 0 saturated heterocycles. The van der Waals surface area contributed by atoms with Crippen molar-refractivity contribution in [3.05, 3.63) is 65.4 Å². The van der Waals surface area contributed by atoms with Gasteiger partial charge in [0.2, 0.25) is 5.91 Å². The van der Waals surface area contributed by atoms with E-state index in [0.717, 1.165) is 4.09 Å². The number of fused-ring (bicyclic) bond motifs is 1. The Morgan fingerprint density at radius 3 is 2.62 bits per heavy atom. The zero-order valence-corrected chi connectivity index (χ0v) is 17.9. The number of aliphatic hydroxyl groups excluding tert-OH is 1. The van der Waals surface area contributed by atoms with Crippen LogP contribution in [-0.2, 0) is 34.5 Å². The first-order valence-electron chi connectivity index (χ1n) is 9.85. The molecule has 9 nitrogen and oxygen atoms in total. The molecular weight excluding hydrogens is 444 g/mol. The summed E-state index contributed by atoms with van der Waals surface area (Å²) in [4.78, 5) is 14.3. The topological polar surface area (TPSA) is 110 Å². The fourth-order valence-electron chi connectivity index (χ4n) is 3.63. The third-order valence-electron chi connectivity index (χ3n) is 5.20. The SMILES string of the molecule is CC(F)Cn1ccc(S(=O)(=O)n2cc3c(n2)CN(C(=O)[C@H](CO)c2ccccc2F)C3)n1. The van der Waals surface area contributed by atoms with Crippen molar-refractivity contribution in [3.63, 3.8) is 0 Å². The molecule has 0 aliphatic carbocycles. The average molecular weight is 465 g/mol. The number of amides is 1. The maximum Gasteiger partial charge on any atom is 0.302 e. The van der Waals surface area contributed by atoms with E-state index in [-0.39, 0.29) is 30.2 Å². The van der Waals surface area contributed by atoms with Gasteiger partial charge in [0.05, 0.1) is 31.3 Å². The number of alkyl halides is 1. The van der Waals surface area contributed by atoms with Crippen LogP contribution in [-0.4, -0.2) is 56.1 Å². The number of halogens is 2. The van der Waals surface area contributed by atoms with Crippen LogP contribution >= 0.6 is 0 Å². The minimum atomic E-state index is -4.08. The van der Waals surface area contributed by atoms with Gasteiger partial charge in [-0.3, -0.25) is 9.48 Å². The van der Waals surface area contributed by atoms with E-state index in [1.165, 1.54) is 53.2 Å². The summed E-state index contributed by atoms with van der Waals surface area (Å²) in [6.45, 7) is 0.797. The molecule has 32 heavy (non-hydrogen) atoms. The Morgan fingerprint density at radius 2 is 1.97 bits per heavy atom. The largest absolute Gasteiger partial charge is 0.395 e. The van der Waals surface area contributed by atoms with E-state index < -0.39 is 40.4 Å². The van der Waals surface area contributed by atoms with Crippen LogP contribution in [0.1, 0.15) is 29.7 Å². The highest BCUT2D eigenvalue weighted by Crippen LogP contribution is 2.28. The standard InChI is InChI=1S/C20H21F2N5O4S/c1-13(21)8-26-7-6-19(24-26)32(30,31)27-10-14-9-25(11-18(14)23-27)20(29)16(12-28)15-4-2-3-5-17(15)22/h2-7,10,13,16,28H,8-9,11-12H2,1H3/t13?,16-/m1/s1. The Balaban J connectivity index is 1.52. The quantitative estimate of drug-likeness (QED) is 0.565. The smallest absolute Gasteiger partial charge is 0.302 e. The van der Waals surface area contributed by atoms with E-state index in [2.05, 4.69) is 10.2 Å². The van der Waals surface area contributed by atoms with Crippen molar-refractivity contribution in [2.75, 3.05) is 6.61 Å². The first-order chi connectivity index (χ1) is 15.2.